The number of carbonyl (C=O) groups is 2. The molecule has 0 spiro atoms. The summed E-state index contributed by atoms with van der Waals surface area (Å²) in [7, 11) is 0. The molecule has 3 aliphatic rings. The average Bonchev–Trinajstić information content (AvgIpc) is 3.28. The number of fused-ring (bicyclic) bond motifs is 3. The van der Waals surface area contributed by atoms with Crippen molar-refractivity contribution in [3.8, 4) is 11.5 Å². The zero-order chi connectivity index (χ0) is 16.8. The van der Waals surface area contributed by atoms with Gasteiger partial charge in [-0.25, -0.2) is 0 Å². The van der Waals surface area contributed by atoms with Crippen molar-refractivity contribution in [3.05, 3.63) is 23.8 Å². The fourth-order valence-electron chi connectivity index (χ4n) is 4.60. The van der Waals surface area contributed by atoms with Gasteiger partial charge in [-0.05, 0) is 55.7 Å². The van der Waals surface area contributed by atoms with Gasteiger partial charge in [0, 0.05) is 0 Å². The van der Waals surface area contributed by atoms with Crippen LogP contribution in [0.1, 0.15) is 37.8 Å². The first-order valence-corrected chi connectivity index (χ1v) is 8.47. The van der Waals surface area contributed by atoms with Gasteiger partial charge in [-0.3, -0.25) is 9.59 Å². The molecule has 1 amide bonds. The maximum absolute atomic E-state index is 12.7. The molecule has 24 heavy (non-hydrogen) atoms. The van der Waals surface area contributed by atoms with E-state index in [4.69, 9.17) is 9.47 Å². The Morgan fingerprint density at radius 2 is 1.88 bits per heavy atom. The molecule has 6 heteroatoms. The van der Waals surface area contributed by atoms with Crippen molar-refractivity contribution in [1.82, 2.24) is 5.32 Å². The van der Waals surface area contributed by atoms with Crippen LogP contribution < -0.4 is 14.8 Å². The van der Waals surface area contributed by atoms with Crippen molar-refractivity contribution >= 4 is 11.9 Å². The minimum Gasteiger partial charge on any atom is -0.481 e. The first-order chi connectivity index (χ1) is 11.5. The first-order valence-electron chi connectivity index (χ1n) is 8.47. The summed E-state index contributed by atoms with van der Waals surface area (Å²) in [5, 5.41) is 12.5. The van der Waals surface area contributed by atoms with Gasteiger partial charge in [0.1, 0.15) is 0 Å². The third-order valence-electron chi connectivity index (χ3n) is 5.76. The standard InChI is InChI=1S/C18H21NO5/c1-9(10-4-5-13-14(7-10)24-8-23-13)19-17(20)15-11-2-3-12(6-11)16(15)18(21)22/h4-5,7,9,11-12,15-16H,2-3,6,8H2,1H3,(H,19,20)(H,21,22)/t9-,11+,12-,15+,16-/m0/s1. The van der Waals surface area contributed by atoms with E-state index in [9.17, 15) is 14.7 Å². The Balaban J connectivity index is 1.48. The summed E-state index contributed by atoms with van der Waals surface area (Å²) in [5.74, 6) is -0.166. The Morgan fingerprint density at radius 1 is 1.17 bits per heavy atom. The molecule has 2 aliphatic carbocycles. The Bertz CT molecular complexity index is 688. The lowest BCUT2D eigenvalue weighted by Crippen LogP contribution is -2.42. The molecule has 4 rings (SSSR count). The van der Waals surface area contributed by atoms with Crippen molar-refractivity contribution in [2.45, 2.75) is 32.2 Å². The molecular weight excluding hydrogens is 310 g/mol. The summed E-state index contributed by atoms with van der Waals surface area (Å²) in [4.78, 5) is 24.3. The second-order valence-electron chi connectivity index (χ2n) is 7.07. The minimum atomic E-state index is -0.835. The van der Waals surface area contributed by atoms with Gasteiger partial charge >= 0.3 is 5.97 Å². The fourth-order valence-corrected chi connectivity index (χ4v) is 4.60. The number of carboxylic acids is 1. The number of rotatable bonds is 4. The van der Waals surface area contributed by atoms with E-state index in [1.807, 2.05) is 25.1 Å². The van der Waals surface area contributed by atoms with Gasteiger partial charge in [0.15, 0.2) is 11.5 Å². The Hall–Kier alpha value is -2.24. The van der Waals surface area contributed by atoms with E-state index in [-0.39, 0.29) is 30.6 Å². The lowest BCUT2D eigenvalue weighted by Gasteiger charge is -2.28. The van der Waals surface area contributed by atoms with Crippen LogP contribution >= 0.6 is 0 Å². The smallest absolute Gasteiger partial charge is 0.307 e. The van der Waals surface area contributed by atoms with Crippen molar-refractivity contribution in [1.29, 1.82) is 0 Å². The maximum atomic E-state index is 12.7. The lowest BCUT2D eigenvalue weighted by atomic mass is 9.78. The second-order valence-corrected chi connectivity index (χ2v) is 7.07. The van der Waals surface area contributed by atoms with E-state index in [0.717, 1.165) is 24.8 Å². The lowest BCUT2D eigenvalue weighted by molar-refractivity contribution is -0.149. The van der Waals surface area contributed by atoms with Gasteiger partial charge in [-0.15, -0.1) is 0 Å². The molecule has 0 unspecified atom stereocenters. The van der Waals surface area contributed by atoms with E-state index >= 15 is 0 Å². The number of hydrogen-bond acceptors (Lipinski definition) is 4. The monoisotopic (exact) mass is 331 g/mol. The topological polar surface area (TPSA) is 84.9 Å². The van der Waals surface area contributed by atoms with Crippen LogP contribution in [0.15, 0.2) is 18.2 Å². The number of aliphatic carboxylic acids is 1. The van der Waals surface area contributed by atoms with Crippen LogP contribution in [-0.2, 0) is 9.59 Å². The van der Waals surface area contributed by atoms with Gasteiger partial charge in [-0.1, -0.05) is 6.07 Å². The van der Waals surface area contributed by atoms with E-state index in [1.54, 1.807) is 0 Å². The fraction of sp³-hybridized carbons (Fsp3) is 0.556. The van der Waals surface area contributed by atoms with Crippen molar-refractivity contribution in [2.75, 3.05) is 6.79 Å². The highest BCUT2D eigenvalue weighted by atomic mass is 16.7. The number of hydrogen-bond donors (Lipinski definition) is 2. The number of carboxylic acid groups (broad SMARTS) is 1. The summed E-state index contributed by atoms with van der Waals surface area (Å²) in [5.41, 5.74) is 0.919. The Kier molecular flexibility index (Phi) is 3.62. The zero-order valence-corrected chi connectivity index (χ0v) is 13.5. The van der Waals surface area contributed by atoms with Crippen LogP contribution in [-0.4, -0.2) is 23.8 Å². The molecule has 2 bridgehead atoms. The summed E-state index contributed by atoms with van der Waals surface area (Å²) >= 11 is 0. The number of carbonyl (C=O) groups excluding carboxylic acids is 1. The SMILES string of the molecule is C[C@H](NC(=O)[C@@H]1[C@@H]2CC[C@@H](C2)[C@@H]1C(=O)O)c1ccc2c(c1)OCO2. The molecule has 1 aromatic carbocycles. The third kappa shape index (κ3) is 2.41. The van der Waals surface area contributed by atoms with E-state index in [1.165, 1.54) is 0 Å². The summed E-state index contributed by atoms with van der Waals surface area (Å²) in [6.45, 7) is 2.11. The zero-order valence-electron chi connectivity index (χ0n) is 13.5. The molecule has 0 radical (unpaired) electrons. The highest BCUT2D eigenvalue weighted by Gasteiger charge is 2.54. The first kappa shape index (κ1) is 15.3. The van der Waals surface area contributed by atoms with Gasteiger partial charge in [0.25, 0.3) is 0 Å². The average molecular weight is 331 g/mol. The van der Waals surface area contributed by atoms with E-state index in [0.29, 0.717) is 11.5 Å². The summed E-state index contributed by atoms with van der Waals surface area (Å²) in [6, 6.07) is 5.38. The molecule has 0 aromatic heterocycles. The van der Waals surface area contributed by atoms with Crippen LogP contribution in [0.4, 0.5) is 0 Å². The summed E-state index contributed by atoms with van der Waals surface area (Å²) in [6.07, 6.45) is 2.77. The van der Waals surface area contributed by atoms with Gasteiger partial charge in [0.2, 0.25) is 12.7 Å². The largest absolute Gasteiger partial charge is 0.481 e. The molecule has 2 saturated carbocycles. The van der Waals surface area contributed by atoms with Crippen LogP contribution in [0.2, 0.25) is 0 Å². The van der Waals surface area contributed by atoms with Crippen LogP contribution in [0.25, 0.3) is 0 Å². The van der Waals surface area contributed by atoms with E-state index in [2.05, 4.69) is 5.32 Å². The Labute approximate surface area is 140 Å². The maximum Gasteiger partial charge on any atom is 0.307 e. The van der Waals surface area contributed by atoms with Gasteiger partial charge in [0.05, 0.1) is 17.9 Å². The van der Waals surface area contributed by atoms with Crippen LogP contribution in [0.3, 0.4) is 0 Å². The molecular formula is C18H21NO5. The molecule has 1 aliphatic heterocycles. The number of amides is 1. The predicted molar refractivity (Wildman–Crippen MR) is 84.6 cm³/mol. The highest BCUT2D eigenvalue weighted by Crippen LogP contribution is 2.52. The van der Waals surface area contributed by atoms with Gasteiger partial charge < -0.3 is 19.9 Å². The van der Waals surface area contributed by atoms with E-state index < -0.39 is 17.8 Å². The quantitative estimate of drug-likeness (QED) is 0.884. The van der Waals surface area contributed by atoms with Crippen molar-refractivity contribution in [3.63, 3.8) is 0 Å². The predicted octanol–water partition coefficient (Wildman–Crippen LogP) is 2.34. The molecule has 1 aromatic rings. The summed E-state index contributed by atoms with van der Waals surface area (Å²) < 4.78 is 10.7. The van der Waals surface area contributed by atoms with Crippen molar-refractivity contribution in [2.24, 2.45) is 23.7 Å². The third-order valence-corrected chi connectivity index (χ3v) is 5.76. The normalized spacial score (nSPS) is 31.0. The molecule has 2 N–H and O–H groups in total. The molecule has 128 valence electrons. The second kappa shape index (κ2) is 5.69. The molecule has 2 fully saturated rings. The van der Waals surface area contributed by atoms with Crippen LogP contribution in [0.5, 0.6) is 11.5 Å². The Morgan fingerprint density at radius 3 is 2.62 bits per heavy atom. The van der Waals surface area contributed by atoms with Crippen molar-refractivity contribution < 1.29 is 24.2 Å². The number of benzene rings is 1. The van der Waals surface area contributed by atoms with Crippen LogP contribution in [0, 0.1) is 23.7 Å². The molecule has 1 heterocycles. The molecule has 0 saturated heterocycles. The highest BCUT2D eigenvalue weighted by molar-refractivity contribution is 5.86. The minimum absolute atomic E-state index is 0.139. The number of nitrogens with one attached hydrogen (secondary N) is 1. The van der Waals surface area contributed by atoms with Gasteiger partial charge in [-0.2, -0.15) is 0 Å². The molecule has 5 atom stereocenters. The number of ether oxygens (including phenoxy) is 2. The molecule has 6 nitrogen and oxygen atoms in total.